The number of urea groups is 1. The Balaban J connectivity index is 1.51. The molecule has 10 heteroatoms. The van der Waals surface area contributed by atoms with E-state index < -0.39 is 12.1 Å². The minimum absolute atomic E-state index is 0.110. The lowest BCUT2D eigenvalue weighted by Gasteiger charge is -2.14. The lowest BCUT2D eigenvalue weighted by Crippen LogP contribution is -2.33. The molecule has 0 aliphatic carbocycles. The largest absolute Gasteiger partial charge is 0.493 e. The highest BCUT2D eigenvalue weighted by Crippen LogP contribution is 2.28. The molecule has 0 saturated carbocycles. The Labute approximate surface area is 178 Å². The number of benzene rings is 1. The normalized spacial score (nSPS) is 15.8. The third kappa shape index (κ3) is 5.07. The van der Waals surface area contributed by atoms with Crippen LogP contribution in [0.25, 0.3) is 0 Å². The van der Waals surface area contributed by atoms with E-state index in [1.807, 2.05) is 19.1 Å². The minimum Gasteiger partial charge on any atom is -0.493 e. The summed E-state index contributed by atoms with van der Waals surface area (Å²) in [7, 11) is 3.11. The molecule has 3 rings (SSSR count). The summed E-state index contributed by atoms with van der Waals surface area (Å²) >= 11 is 1.38. The molecule has 2 aromatic rings. The summed E-state index contributed by atoms with van der Waals surface area (Å²) in [5.74, 6) is 0.641. The molecule has 9 nitrogen and oxygen atoms in total. The topological polar surface area (TPSA) is 110 Å². The van der Waals surface area contributed by atoms with Crippen LogP contribution in [-0.2, 0) is 16.0 Å². The van der Waals surface area contributed by atoms with Crippen LogP contribution < -0.4 is 20.1 Å². The zero-order valence-corrected chi connectivity index (χ0v) is 17.9. The number of imide groups is 1. The van der Waals surface area contributed by atoms with E-state index in [1.165, 1.54) is 16.2 Å². The van der Waals surface area contributed by atoms with Gasteiger partial charge in [0.05, 0.1) is 14.2 Å². The third-order valence-corrected chi connectivity index (χ3v) is 5.53. The van der Waals surface area contributed by atoms with Gasteiger partial charge in [-0.2, -0.15) is 0 Å². The van der Waals surface area contributed by atoms with Gasteiger partial charge in [0.2, 0.25) is 5.91 Å². The molecule has 1 aliphatic rings. The number of methoxy groups -OCH3 is 2. The van der Waals surface area contributed by atoms with E-state index in [0.717, 1.165) is 10.4 Å². The van der Waals surface area contributed by atoms with Crippen LogP contribution in [0.15, 0.2) is 24.4 Å². The number of hydrogen-bond acceptors (Lipinski definition) is 7. The second-order valence-electron chi connectivity index (χ2n) is 6.79. The SMILES string of the molecule is COc1ccc(CCN2C(=O)NC(CCC(=O)Nc3ncc(C)s3)C2=O)cc1OC. The van der Waals surface area contributed by atoms with Gasteiger partial charge in [-0.1, -0.05) is 6.07 Å². The number of ether oxygens (including phenoxy) is 2. The highest BCUT2D eigenvalue weighted by Gasteiger charge is 2.37. The zero-order chi connectivity index (χ0) is 21.7. The van der Waals surface area contributed by atoms with E-state index in [1.54, 1.807) is 26.5 Å². The van der Waals surface area contributed by atoms with Gasteiger partial charge in [-0.25, -0.2) is 9.78 Å². The Bertz CT molecular complexity index is 945. The Hall–Kier alpha value is -3.14. The first kappa shape index (κ1) is 21.6. The fraction of sp³-hybridized carbons (Fsp3) is 0.400. The number of nitrogens with one attached hydrogen (secondary N) is 2. The zero-order valence-electron chi connectivity index (χ0n) is 17.1. The molecule has 1 saturated heterocycles. The smallest absolute Gasteiger partial charge is 0.324 e. The van der Waals surface area contributed by atoms with Crippen molar-refractivity contribution in [2.45, 2.75) is 32.2 Å². The molecule has 1 aromatic heterocycles. The summed E-state index contributed by atoms with van der Waals surface area (Å²) in [6.07, 6.45) is 2.50. The number of aromatic nitrogens is 1. The van der Waals surface area contributed by atoms with Crippen LogP contribution in [0, 0.1) is 6.92 Å². The van der Waals surface area contributed by atoms with Crippen molar-refractivity contribution in [2.24, 2.45) is 0 Å². The fourth-order valence-electron chi connectivity index (χ4n) is 3.13. The molecule has 30 heavy (non-hydrogen) atoms. The monoisotopic (exact) mass is 432 g/mol. The molecule has 1 aliphatic heterocycles. The van der Waals surface area contributed by atoms with E-state index in [0.29, 0.717) is 23.1 Å². The predicted molar refractivity (Wildman–Crippen MR) is 112 cm³/mol. The van der Waals surface area contributed by atoms with Gasteiger partial charge in [-0.15, -0.1) is 11.3 Å². The summed E-state index contributed by atoms with van der Waals surface area (Å²) < 4.78 is 10.5. The van der Waals surface area contributed by atoms with E-state index in [2.05, 4.69) is 15.6 Å². The molecule has 1 atom stereocenters. The van der Waals surface area contributed by atoms with Gasteiger partial charge in [0.25, 0.3) is 5.91 Å². The summed E-state index contributed by atoms with van der Waals surface area (Å²) in [6, 6.07) is 4.32. The lowest BCUT2D eigenvalue weighted by atomic mass is 10.1. The third-order valence-electron chi connectivity index (χ3n) is 4.71. The van der Waals surface area contributed by atoms with Crippen LogP contribution in [-0.4, -0.2) is 54.5 Å². The van der Waals surface area contributed by atoms with Crippen molar-refractivity contribution in [3.63, 3.8) is 0 Å². The van der Waals surface area contributed by atoms with Crippen molar-refractivity contribution in [1.82, 2.24) is 15.2 Å². The number of carbonyl (C=O) groups excluding carboxylic acids is 3. The Morgan fingerprint density at radius 1 is 1.27 bits per heavy atom. The number of carbonyl (C=O) groups is 3. The maximum atomic E-state index is 12.6. The van der Waals surface area contributed by atoms with E-state index in [4.69, 9.17) is 9.47 Å². The number of nitrogens with zero attached hydrogens (tertiary/aromatic N) is 2. The van der Waals surface area contributed by atoms with Crippen molar-refractivity contribution in [2.75, 3.05) is 26.1 Å². The van der Waals surface area contributed by atoms with Crippen molar-refractivity contribution in [3.8, 4) is 11.5 Å². The molecule has 4 amide bonds. The maximum absolute atomic E-state index is 12.6. The highest BCUT2D eigenvalue weighted by atomic mass is 32.1. The molecule has 160 valence electrons. The summed E-state index contributed by atoms with van der Waals surface area (Å²) in [4.78, 5) is 43.1. The van der Waals surface area contributed by atoms with Gasteiger partial charge >= 0.3 is 6.03 Å². The van der Waals surface area contributed by atoms with Gasteiger partial charge in [-0.3, -0.25) is 14.5 Å². The summed E-state index contributed by atoms with van der Waals surface area (Å²) in [5.41, 5.74) is 0.912. The van der Waals surface area contributed by atoms with Gasteiger partial charge < -0.3 is 20.1 Å². The Morgan fingerprint density at radius 2 is 2.03 bits per heavy atom. The second kappa shape index (κ2) is 9.57. The quantitative estimate of drug-likeness (QED) is 0.589. The average Bonchev–Trinajstić information content (AvgIpc) is 3.26. The molecule has 0 spiro atoms. The number of anilines is 1. The van der Waals surface area contributed by atoms with Crippen LogP contribution in [0.3, 0.4) is 0 Å². The van der Waals surface area contributed by atoms with E-state index >= 15 is 0 Å². The van der Waals surface area contributed by atoms with Crippen LogP contribution >= 0.6 is 11.3 Å². The fourth-order valence-corrected chi connectivity index (χ4v) is 3.81. The van der Waals surface area contributed by atoms with Crippen molar-refractivity contribution in [3.05, 3.63) is 34.8 Å². The standard InChI is InChI=1S/C20H24N4O5S/c1-12-11-21-19(30-12)23-17(25)7-5-14-18(26)24(20(27)22-14)9-8-13-4-6-15(28-2)16(10-13)29-3/h4,6,10-11,14H,5,7-9H2,1-3H3,(H,22,27)(H,21,23,25). The number of hydrogen-bond donors (Lipinski definition) is 2. The predicted octanol–water partition coefficient (Wildman–Crippen LogP) is 2.35. The van der Waals surface area contributed by atoms with Crippen LogP contribution in [0.1, 0.15) is 23.3 Å². The van der Waals surface area contributed by atoms with E-state index in [9.17, 15) is 14.4 Å². The molecular weight excluding hydrogens is 408 g/mol. The molecule has 0 bridgehead atoms. The van der Waals surface area contributed by atoms with Crippen molar-refractivity contribution in [1.29, 1.82) is 0 Å². The first-order valence-electron chi connectivity index (χ1n) is 9.46. The van der Waals surface area contributed by atoms with Gasteiger partial charge in [0, 0.05) is 24.0 Å². The number of aryl methyl sites for hydroxylation is 1. The Morgan fingerprint density at radius 3 is 2.70 bits per heavy atom. The highest BCUT2D eigenvalue weighted by molar-refractivity contribution is 7.15. The molecular formula is C20H24N4O5S. The number of amides is 4. The summed E-state index contributed by atoms with van der Waals surface area (Å²) in [5, 5.41) is 5.88. The van der Waals surface area contributed by atoms with Crippen LogP contribution in [0.2, 0.25) is 0 Å². The van der Waals surface area contributed by atoms with Crippen LogP contribution in [0.4, 0.5) is 9.93 Å². The maximum Gasteiger partial charge on any atom is 0.324 e. The molecule has 1 unspecified atom stereocenters. The molecule has 2 N–H and O–H groups in total. The van der Waals surface area contributed by atoms with Gasteiger partial charge in [0.15, 0.2) is 16.6 Å². The van der Waals surface area contributed by atoms with Crippen molar-refractivity contribution < 1.29 is 23.9 Å². The molecule has 0 radical (unpaired) electrons. The Kier molecular flexibility index (Phi) is 6.88. The van der Waals surface area contributed by atoms with Crippen LogP contribution in [0.5, 0.6) is 11.5 Å². The average molecular weight is 433 g/mol. The summed E-state index contributed by atoms with van der Waals surface area (Å²) in [6.45, 7) is 2.14. The van der Waals surface area contributed by atoms with Crippen molar-refractivity contribution >= 4 is 34.3 Å². The molecule has 2 heterocycles. The number of thiazole rings is 1. The minimum atomic E-state index is -0.702. The molecule has 1 fully saturated rings. The first-order valence-corrected chi connectivity index (χ1v) is 10.3. The number of rotatable bonds is 9. The molecule has 1 aromatic carbocycles. The van der Waals surface area contributed by atoms with E-state index in [-0.39, 0.29) is 31.2 Å². The lowest BCUT2D eigenvalue weighted by molar-refractivity contribution is -0.127. The first-order chi connectivity index (χ1) is 14.4. The van der Waals surface area contributed by atoms with Gasteiger partial charge in [-0.05, 0) is 37.5 Å². The second-order valence-corrected chi connectivity index (χ2v) is 8.03. The van der Waals surface area contributed by atoms with Gasteiger partial charge in [0.1, 0.15) is 6.04 Å².